The first kappa shape index (κ1) is 15.5. The first-order valence-corrected chi connectivity index (χ1v) is 7.07. The summed E-state index contributed by atoms with van der Waals surface area (Å²) in [6.45, 7) is 6.06. The molecule has 4 heteroatoms. The lowest BCUT2D eigenvalue weighted by molar-refractivity contribution is 0.0937. The van der Waals surface area contributed by atoms with E-state index in [4.69, 9.17) is 5.73 Å². The number of rotatable bonds is 7. The number of nitrogens with two attached hydrogens (primary N) is 1. The summed E-state index contributed by atoms with van der Waals surface area (Å²) in [6.07, 6.45) is 7.47. The number of aromatic nitrogens is 1. The molecule has 19 heavy (non-hydrogen) atoms. The number of hydrogen-bond donors (Lipinski definition) is 2. The zero-order valence-electron chi connectivity index (χ0n) is 12.2. The predicted octanol–water partition coefficient (Wildman–Crippen LogP) is 3.06. The number of aryl methyl sites for hydroxylation is 1. The van der Waals surface area contributed by atoms with Gasteiger partial charge in [-0.15, -0.1) is 0 Å². The largest absolute Gasteiger partial charge is 0.397 e. The Balaban J connectivity index is 2.47. The van der Waals surface area contributed by atoms with E-state index in [2.05, 4.69) is 17.2 Å². The third-order valence-electron chi connectivity index (χ3n) is 3.22. The van der Waals surface area contributed by atoms with Gasteiger partial charge >= 0.3 is 0 Å². The molecule has 1 unspecified atom stereocenters. The molecule has 0 saturated heterocycles. The molecule has 0 fully saturated rings. The lowest BCUT2D eigenvalue weighted by Crippen LogP contribution is -2.33. The number of hydrogen-bond acceptors (Lipinski definition) is 3. The van der Waals surface area contributed by atoms with Crippen molar-refractivity contribution in [2.75, 3.05) is 5.73 Å². The zero-order chi connectivity index (χ0) is 14.3. The lowest BCUT2D eigenvalue weighted by Gasteiger charge is -2.14. The van der Waals surface area contributed by atoms with Crippen LogP contribution in [0.2, 0.25) is 0 Å². The van der Waals surface area contributed by atoms with Gasteiger partial charge < -0.3 is 11.1 Å². The van der Waals surface area contributed by atoms with Crippen molar-refractivity contribution >= 4 is 11.6 Å². The average Bonchev–Trinajstić information content (AvgIpc) is 2.37. The highest BCUT2D eigenvalue weighted by molar-refractivity contribution is 5.96. The molecule has 0 saturated carbocycles. The molecular formula is C15H25N3O. The zero-order valence-corrected chi connectivity index (χ0v) is 12.2. The van der Waals surface area contributed by atoms with Crippen LogP contribution in [0.3, 0.4) is 0 Å². The Bertz CT molecular complexity index is 418. The van der Waals surface area contributed by atoms with Crippen LogP contribution in [-0.2, 0) is 0 Å². The smallest absolute Gasteiger partial charge is 0.253 e. The van der Waals surface area contributed by atoms with Crippen molar-refractivity contribution in [1.29, 1.82) is 0 Å². The Labute approximate surface area is 115 Å². The molecule has 3 N–H and O–H groups in total. The van der Waals surface area contributed by atoms with Gasteiger partial charge in [0.25, 0.3) is 5.91 Å². The van der Waals surface area contributed by atoms with Crippen molar-refractivity contribution in [1.82, 2.24) is 10.3 Å². The van der Waals surface area contributed by atoms with Gasteiger partial charge in [-0.2, -0.15) is 0 Å². The highest BCUT2D eigenvalue weighted by Crippen LogP contribution is 2.11. The van der Waals surface area contributed by atoms with Crippen molar-refractivity contribution < 1.29 is 4.79 Å². The number of carbonyl (C=O) groups excluding carboxylic acids is 1. The fourth-order valence-corrected chi connectivity index (χ4v) is 2.03. The van der Waals surface area contributed by atoms with E-state index in [9.17, 15) is 4.79 Å². The van der Waals surface area contributed by atoms with Crippen LogP contribution in [-0.4, -0.2) is 16.9 Å². The van der Waals surface area contributed by atoms with Crippen molar-refractivity contribution in [2.45, 2.75) is 58.9 Å². The summed E-state index contributed by atoms with van der Waals surface area (Å²) in [5.41, 5.74) is 7.47. The van der Waals surface area contributed by atoms with Gasteiger partial charge in [0.15, 0.2) is 0 Å². The molecule has 0 aromatic carbocycles. The Hall–Kier alpha value is -1.58. The van der Waals surface area contributed by atoms with Gasteiger partial charge in [0, 0.05) is 6.04 Å². The first-order valence-electron chi connectivity index (χ1n) is 7.07. The number of pyridine rings is 1. The molecule has 1 amide bonds. The summed E-state index contributed by atoms with van der Waals surface area (Å²) in [5.74, 6) is -0.0831. The molecule has 4 nitrogen and oxygen atoms in total. The molecule has 106 valence electrons. The first-order chi connectivity index (χ1) is 9.04. The normalized spacial score (nSPS) is 12.2. The van der Waals surface area contributed by atoms with E-state index in [1.165, 1.54) is 19.3 Å². The van der Waals surface area contributed by atoms with Crippen LogP contribution in [0.4, 0.5) is 5.69 Å². The number of nitrogens with zero attached hydrogens (tertiary/aromatic N) is 1. The maximum Gasteiger partial charge on any atom is 0.253 e. The molecule has 0 bridgehead atoms. The quantitative estimate of drug-likeness (QED) is 0.743. The second-order valence-corrected chi connectivity index (χ2v) is 5.13. The summed E-state index contributed by atoms with van der Waals surface area (Å²) < 4.78 is 0. The average molecular weight is 263 g/mol. The summed E-state index contributed by atoms with van der Waals surface area (Å²) in [7, 11) is 0. The van der Waals surface area contributed by atoms with Gasteiger partial charge in [0.2, 0.25) is 0 Å². The van der Waals surface area contributed by atoms with Gasteiger partial charge in [0.1, 0.15) is 0 Å². The molecule has 0 spiro atoms. The molecule has 0 radical (unpaired) electrons. The van der Waals surface area contributed by atoms with Crippen LogP contribution in [0.15, 0.2) is 12.3 Å². The maximum atomic E-state index is 12.1. The minimum absolute atomic E-state index is 0.0831. The summed E-state index contributed by atoms with van der Waals surface area (Å²) in [4.78, 5) is 16.2. The van der Waals surface area contributed by atoms with Crippen LogP contribution in [0.1, 0.15) is 62.0 Å². The highest BCUT2D eigenvalue weighted by Gasteiger charge is 2.13. The number of nitrogen functional groups attached to an aromatic ring is 1. The number of amides is 1. The molecule has 1 rings (SSSR count). The van der Waals surface area contributed by atoms with Gasteiger partial charge in [-0.3, -0.25) is 9.78 Å². The molecule has 0 aliphatic carbocycles. The maximum absolute atomic E-state index is 12.1. The van der Waals surface area contributed by atoms with Crippen LogP contribution in [0, 0.1) is 6.92 Å². The summed E-state index contributed by atoms with van der Waals surface area (Å²) in [5, 5.41) is 3.01. The molecule has 1 aromatic heterocycles. The molecule has 0 aliphatic rings. The van der Waals surface area contributed by atoms with Crippen molar-refractivity contribution in [3.05, 3.63) is 23.5 Å². The second-order valence-electron chi connectivity index (χ2n) is 5.13. The van der Waals surface area contributed by atoms with Crippen LogP contribution >= 0.6 is 0 Å². The topological polar surface area (TPSA) is 68.0 Å². The summed E-state index contributed by atoms with van der Waals surface area (Å²) >= 11 is 0. The molecular weight excluding hydrogens is 238 g/mol. The van der Waals surface area contributed by atoms with Gasteiger partial charge in [-0.25, -0.2) is 0 Å². The third-order valence-corrected chi connectivity index (χ3v) is 3.22. The van der Waals surface area contributed by atoms with E-state index >= 15 is 0 Å². The number of anilines is 1. The predicted molar refractivity (Wildman–Crippen MR) is 79.1 cm³/mol. The molecule has 0 aliphatic heterocycles. The molecule has 1 aromatic rings. The van der Waals surface area contributed by atoms with E-state index in [0.717, 1.165) is 12.8 Å². The van der Waals surface area contributed by atoms with E-state index < -0.39 is 0 Å². The molecule has 1 atom stereocenters. The number of carbonyl (C=O) groups is 1. The Morgan fingerprint density at radius 1 is 1.42 bits per heavy atom. The fourth-order valence-electron chi connectivity index (χ4n) is 2.03. The lowest BCUT2D eigenvalue weighted by atomic mass is 10.1. The minimum atomic E-state index is -0.0831. The van der Waals surface area contributed by atoms with Crippen molar-refractivity contribution in [3.8, 4) is 0 Å². The van der Waals surface area contributed by atoms with Gasteiger partial charge in [-0.05, 0) is 26.3 Å². The SMILES string of the molecule is CCCCCCC(C)NC(=O)c1cc(N)cnc1C. The van der Waals surface area contributed by atoms with E-state index in [1.807, 2.05) is 13.8 Å². The van der Waals surface area contributed by atoms with Crippen LogP contribution in [0.5, 0.6) is 0 Å². The third kappa shape index (κ3) is 5.28. The Morgan fingerprint density at radius 2 is 2.16 bits per heavy atom. The fraction of sp³-hybridized carbons (Fsp3) is 0.600. The van der Waals surface area contributed by atoms with Crippen molar-refractivity contribution in [3.63, 3.8) is 0 Å². The van der Waals surface area contributed by atoms with Crippen LogP contribution in [0.25, 0.3) is 0 Å². The standard InChI is InChI=1S/C15H25N3O/c1-4-5-6-7-8-11(2)18-15(19)14-9-13(16)10-17-12(14)3/h9-11H,4-8,16H2,1-3H3,(H,18,19). The van der Waals surface area contributed by atoms with E-state index in [0.29, 0.717) is 16.9 Å². The Kier molecular flexibility index (Phi) is 6.33. The summed E-state index contributed by atoms with van der Waals surface area (Å²) in [6, 6.07) is 1.87. The second kappa shape index (κ2) is 7.77. The number of nitrogens with one attached hydrogen (secondary N) is 1. The van der Waals surface area contributed by atoms with Crippen molar-refractivity contribution in [2.24, 2.45) is 0 Å². The molecule has 1 heterocycles. The van der Waals surface area contributed by atoms with E-state index in [1.54, 1.807) is 12.3 Å². The van der Waals surface area contributed by atoms with E-state index in [-0.39, 0.29) is 11.9 Å². The van der Waals surface area contributed by atoms with Gasteiger partial charge in [-0.1, -0.05) is 32.6 Å². The minimum Gasteiger partial charge on any atom is -0.397 e. The highest BCUT2D eigenvalue weighted by atomic mass is 16.1. The van der Waals surface area contributed by atoms with Crippen LogP contribution < -0.4 is 11.1 Å². The Morgan fingerprint density at radius 3 is 2.84 bits per heavy atom. The van der Waals surface area contributed by atoms with Gasteiger partial charge in [0.05, 0.1) is 23.1 Å². The monoisotopic (exact) mass is 263 g/mol. The number of unbranched alkanes of at least 4 members (excludes halogenated alkanes) is 3.